The van der Waals surface area contributed by atoms with Gasteiger partial charge < -0.3 is 10.2 Å². The first-order chi connectivity index (χ1) is 15.7. The van der Waals surface area contributed by atoms with E-state index in [4.69, 9.17) is 0 Å². The predicted molar refractivity (Wildman–Crippen MR) is 130 cm³/mol. The smallest absolute Gasteiger partial charge is 0.244 e. The van der Waals surface area contributed by atoms with E-state index in [0.29, 0.717) is 5.69 Å². The Morgan fingerprint density at radius 2 is 1.64 bits per heavy atom. The van der Waals surface area contributed by atoms with E-state index < -0.39 is 22.0 Å². The summed E-state index contributed by atoms with van der Waals surface area (Å²) < 4.78 is 26.3. The fourth-order valence-electron chi connectivity index (χ4n) is 4.19. The molecule has 7 nitrogen and oxygen atoms in total. The van der Waals surface area contributed by atoms with Crippen molar-refractivity contribution >= 4 is 27.5 Å². The monoisotopic (exact) mass is 471 g/mol. The molecule has 0 unspecified atom stereocenters. The highest BCUT2D eigenvalue weighted by Crippen LogP contribution is 2.23. The molecule has 33 heavy (non-hydrogen) atoms. The molecular weight excluding hydrogens is 438 g/mol. The number of hydrogen-bond acceptors (Lipinski definition) is 4. The van der Waals surface area contributed by atoms with Crippen LogP contribution in [0.2, 0.25) is 0 Å². The van der Waals surface area contributed by atoms with Crippen molar-refractivity contribution in [3.63, 3.8) is 0 Å². The molecule has 0 aromatic heterocycles. The number of amides is 2. The second-order valence-corrected chi connectivity index (χ2v) is 10.6. The lowest BCUT2D eigenvalue weighted by molar-refractivity contribution is -0.139. The molecule has 0 bridgehead atoms. The van der Waals surface area contributed by atoms with E-state index in [0.717, 1.165) is 47.4 Å². The zero-order chi connectivity index (χ0) is 24.0. The van der Waals surface area contributed by atoms with Crippen molar-refractivity contribution in [2.75, 3.05) is 17.1 Å². The minimum absolute atomic E-state index is 0.133. The van der Waals surface area contributed by atoms with Crippen LogP contribution >= 0.6 is 0 Å². The molecule has 0 heterocycles. The molecule has 2 amide bonds. The number of sulfonamides is 1. The topological polar surface area (TPSA) is 86.8 Å². The molecule has 1 N–H and O–H groups in total. The first-order valence-corrected chi connectivity index (χ1v) is 13.2. The normalized spacial score (nSPS) is 15.1. The van der Waals surface area contributed by atoms with Gasteiger partial charge in [-0.15, -0.1) is 0 Å². The number of nitrogens with one attached hydrogen (secondary N) is 1. The average molecular weight is 472 g/mol. The van der Waals surface area contributed by atoms with Crippen LogP contribution < -0.4 is 9.62 Å². The Bertz CT molecular complexity index is 1070. The lowest BCUT2D eigenvalue weighted by atomic mass is 10.1. The van der Waals surface area contributed by atoms with Crippen LogP contribution in [-0.4, -0.2) is 50.0 Å². The van der Waals surface area contributed by atoms with E-state index in [-0.39, 0.29) is 25.0 Å². The third kappa shape index (κ3) is 6.57. The fourth-order valence-corrected chi connectivity index (χ4v) is 5.10. The molecule has 178 valence electrons. The van der Waals surface area contributed by atoms with Crippen LogP contribution in [0.1, 0.15) is 43.7 Å². The molecule has 0 aliphatic heterocycles. The fraction of sp³-hybridized carbons (Fsp3) is 0.440. The van der Waals surface area contributed by atoms with E-state index in [2.05, 4.69) is 5.32 Å². The van der Waals surface area contributed by atoms with Gasteiger partial charge in [0.15, 0.2) is 0 Å². The Balaban J connectivity index is 1.86. The van der Waals surface area contributed by atoms with Crippen LogP contribution in [0.15, 0.2) is 54.6 Å². The number of anilines is 1. The number of rotatable bonds is 9. The molecule has 0 spiro atoms. The molecule has 1 saturated carbocycles. The average Bonchev–Trinajstić information content (AvgIpc) is 3.29. The standard InChI is InChI=1S/C25H33N3O4S/c1-19-11-7-10-16-23(19)28(33(3,31)32)18-24(29)27(17-21-12-5-4-6-13-21)20(2)25(30)26-22-14-8-9-15-22/h4-7,10-13,16,20,22H,8-9,14-15,17-18H2,1-3H3,(H,26,30)/t20-/m0/s1. The zero-order valence-electron chi connectivity index (χ0n) is 19.5. The van der Waals surface area contributed by atoms with Gasteiger partial charge in [0.2, 0.25) is 21.8 Å². The quantitative estimate of drug-likeness (QED) is 0.608. The number of aryl methyl sites for hydroxylation is 1. The van der Waals surface area contributed by atoms with Crippen molar-refractivity contribution in [3.8, 4) is 0 Å². The number of para-hydroxylation sites is 1. The van der Waals surface area contributed by atoms with Crippen LogP contribution in [0.25, 0.3) is 0 Å². The second kappa shape index (κ2) is 10.8. The molecule has 8 heteroatoms. The van der Waals surface area contributed by atoms with Gasteiger partial charge in [0.1, 0.15) is 12.6 Å². The van der Waals surface area contributed by atoms with Gasteiger partial charge in [0, 0.05) is 12.6 Å². The maximum absolute atomic E-state index is 13.5. The highest BCUT2D eigenvalue weighted by Gasteiger charge is 2.31. The molecule has 1 aliphatic rings. The Kier molecular flexibility index (Phi) is 8.13. The number of carbonyl (C=O) groups excluding carboxylic acids is 2. The SMILES string of the molecule is Cc1ccccc1N(CC(=O)N(Cc1ccccc1)[C@@H](C)C(=O)NC1CCCC1)S(C)(=O)=O. The number of carbonyl (C=O) groups is 2. The molecule has 1 aliphatic carbocycles. The molecule has 1 fully saturated rings. The first-order valence-electron chi connectivity index (χ1n) is 11.3. The van der Waals surface area contributed by atoms with Gasteiger partial charge in [-0.1, -0.05) is 61.4 Å². The van der Waals surface area contributed by atoms with E-state index in [1.54, 1.807) is 32.0 Å². The van der Waals surface area contributed by atoms with Crippen LogP contribution in [0.5, 0.6) is 0 Å². The van der Waals surface area contributed by atoms with E-state index in [1.165, 1.54) is 4.90 Å². The van der Waals surface area contributed by atoms with E-state index >= 15 is 0 Å². The second-order valence-electron chi connectivity index (χ2n) is 8.73. The molecule has 2 aromatic carbocycles. The molecular formula is C25H33N3O4S. The van der Waals surface area contributed by atoms with Crippen molar-refractivity contribution in [1.29, 1.82) is 0 Å². The summed E-state index contributed by atoms with van der Waals surface area (Å²) >= 11 is 0. The Morgan fingerprint density at radius 3 is 2.24 bits per heavy atom. The molecule has 0 radical (unpaired) electrons. The predicted octanol–water partition coefficient (Wildman–Crippen LogP) is 3.24. The number of hydrogen-bond donors (Lipinski definition) is 1. The molecule has 3 rings (SSSR count). The van der Waals surface area contributed by atoms with Crippen LogP contribution in [-0.2, 0) is 26.2 Å². The first kappa shape index (κ1) is 24.8. The van der Waals surface area contributed by atoms with Gasteiger partial charge in [-0.25, -0.2) is 8.42 Å². The summed E-state index contributed by atoms with van der Waals surface area (Å²) in [4.78, 5) is 28.0. The minimum Gasteiger partial charge on any atom is -0.352 e. The summed E-state index contributed by atoms with van der Waals surface area (Å²) in [6, 6.07) is 15.8. The van der Waals surface area contributed by atoms with E-state index in [1.807, 2.05) is 36.4 Å². The van der Waals surface area contributed by atoms with Crippen LogP contribution in [0.3, 0.4) is 0 Å². The lowest BCUT2D eigenvalue weighted by Gasteiger charge is -2.32. The van der Waals surface area contributed by atoms with E-state index in [9.17, 15) is 18.0 Å². The van der Waals surface area contributed by atoms with Gasteiger partial charge in [-0.05, 0) is 43.9 Å². The summed E-state index contributed by atoms with van der Waals surface area (Å²) in [5.74, 6) is -0.644. The van der Waals surface area contributed by atoms with Crippen molar-refractivity contribution in [2.45, 2.75) is 58.2 Å². The van der Waals surface area contributed by atoms with Gasteiger partial charge in [-0.3, -0.25) is 13.9 Å². The number of nitrogens with zero attached hydrogens (tertiary/aromatic N) is 2. The van der Waals surface area contributed by atoms with Crippen molar-refractivity contribution in [3.05, 3.63) is 65.7 Å². The summed E-state index contributed by atoms with van der Waals surface area (Å²) in [5, 5.41) is 3.06. The van der Waals surface area contributed by atoms with Gasteiger partial charge in [0.25, 0.3) is 0 Å². The Morgan fingerprint density at radius 1 is 1.03 bits per heavy atom. The largest absolute Gasteiger partial charge is 0.352 e. The van der Waals surface area contributed by atoms with Crippen molar-refractivity contribution in [1.82, 2.24) is 10.2 Å². The third-order valence-corrected chi connectivity index (χ3v) is 7.25. The summed E-state index contributed by atoms with van der Waals surface area (Å²) in [5.41, 5.74) is 2.07. The molecule has 0 saturated heterocycles. The molecule has 2 aromatic rings. The highest BCUT2D eigenvalue weighted by molar-refractivity contribution is 7.92. The summed E-state index contributed by atoms with van der Waals surface area (Å²) in [7, 11) is -3.72. The van der Waals surface area contributed by atoms with Crippen LogP contribution in [0.4, 0.5) is 5.69 Å². The summed E-state index contributed by atoms with van der Waals surface area (Å²) in [6.45, 7) is 3.34. The summed E-state index contributed by atoms with van der Waals surface area (Å²) in [6.07, 6.45) is 5.16. The van der Waals surface area contributed by atoms with Gasteiger partial charge in [-0.2, -0.15) is 0 Å². The van der Waals surface area contributed by atoms with Gasteiger partial charge in [0.05, 0.1) is 11.9 Å². The Labute approximate surface area is 196 Å². The lowest BCUT2D eigenvalue weighted by Crippen LogP contribution is -2.52. The minimum atomic E-state index is -3.72. The third-order valence-electron chi connectivity index (χ3n) is 6.13. The molecule has 1 atom stereocenters. The van der Waals surface area contributed by atoms with Gasteiger partial charge >= 0.3 is 0 Å². The van der Waals surface area contributed by atoms with Crippen LogP contribution in [0, 0.1) is 6.92 Å². The number of benzene rings is 2. The zero-order valence-corrected chi connectivity index (χ0v) is 20.3. The maximum atomic E-state index is 13.5. The van der Waals surface area contributed by atoms with Crippen molar-refractivity contribution < 1.29 is 18.0 Å². The van der Waals surface area contributed by atoms with Crippen molar-refractivity contribution in [2.24, 2.45) is 0 Å². The highest BCUT2D eigenvalue weighted by atomic mass is 32.2. The maximum Gasteiger partial charge on any atom is 0.244 e. The Hall–Kier alpha value is -2.87.